The molecule has 0 spiro atoms. The van der Waals surface area contributed by atoms with Gasteiger partial charge in [-0.05, 0) is 12.5 Å². The topological polar surface area (TPSA) is 29.5 Å². The van der Waals surface area contributed by atoms with E-state index in [9.17, 15) is 4.79 Å². The molecule has 1 fully saturated rings. The zero-order valence-corrected chi connectivity index (χ0v) is 16.4. The summed E-state index contributed by atoms with van der Waals surface area (Å²) in [5.74, 6) is 1.07. The lowest BCUT2D eigenvalue weighted by Gasteiger charge is -2.17. The molecule has 1 aliphatic heterocycles. The van der Waals surface area contributed by atoms with Gasteiger partial charge in [-0.2, -0.15) is 0 Å². The molecule has 3 nitrogen and oxygen atoms in total. The molecule has 22 heavy (non-hydrogen) atoms. The molecule has 0 radical (unpaired) electrons. The van der Waals surface area contributed by atoms with Crippen LogP contribution in [0.15, 0.2) is 30.3 Å². The number of carbonyl (C=O) groups is 1. The average molecular weight is 418 g/mol. The first kappa shape index (κ1) is 21.4. The summed E-state index contributed by atoms with van der Waals surface area (Å²) >= 11 is 0. The van der Waals surface area contributed by atoms with Gasteiger partial charge in [-0.25, -0.2) is 0 Å². The molecule has 1 amide bonds. The third-order valence-electron chi connectivity index (χ3n) is 3.86. The standard InChI is InChI=1S/C16H23NO2.C2H6.HI/c1-3-16(18)17-10-14(12-19-4-2)15(11-17)13-8-6-5-7-9-13;1-2;/h5-9,14-15H,3-4,10-12H2,1-2H3;1-2H3;1H/p-1/t14-,15-;;/m0../s1. The number of hydrogen-bond donors (Lipinski definition) is 0. The first-order chi connectivity index (χ1) is 10.3. The minimum absolute atomic E-state index is 0. The Morgan fingerprint density at radius 3 is 2.36 bits per heavy atom. The van der Waals surface area contributed by atoms with Crippen LogP contribution in [-0.4, -0.2) is 37.1 Å². The third kappa shape index (κ3) is 5.88. The molecule has 0 bridgehead atoms. The Bertz CT molecular complexity index is 411. The van der Waals surface area contributed by atoms with E-state index in [1.54, 1.807) is 0 Å². The molecular formula is C18H29INO2-. The highest BCUT2D eigenvalue weighted by atomic mass is 127. The van der Waals surface area contributed by atoms with Crippen LogP contribution < -0.4 is 24.0 Å². The van der Waals surface area contributed by atoms with Crippen molar-refractivity contribution in [2.45, 2.75) is 40.0 Å². The van der Waals surface area contributed by atoms with E-state index in [2.05, 4.69) is 24.3 Å². The summed E-state index contributed by atoms with van der Waals surface area (Å²) in [5.41, 5.74) is 1.32. The van der Waals surface area contributed by atoms with Crippen LogP contribution in [-0.2, 0) is 9.53 Å². The first-order valence-electron chi connectivity index (χ1n) is 8.16. The Balaban J connectivity index is 0.00000141. The summed E-state index contributed by atoms with van der Waals surface area (Å²) in [6.07, 6.45) is 0.586. The largest absolute Gasteiger partial charge is 1.00 e. The number of hydrogen-bond acceptors (Lipinski definition) is 2. The number of ether oxygens (including phenoxy) is 1. The summed E-state index contributed by atoms with van der Waals surface area (Å²) in [7, 11) is 0. The van der Waals surface area contributed by atoms with Crippen molar-refractivity contribution in [1.29, 1.82) is 0 Å². The second-order valence-electron chi connectivity index (χ2n) is 5.09. The van der Waals surface area contributed by atoms with E-state index in [1.165, 1.54) is 5.56 Å². The maximum Gasteiger partial charge on any atom is 0.222 e. The van der Waals surface area contributed by atoms with Gasteiger partial charge in [0.25, 0.3) is 0 Å². The molecule has 0 aromatic heterocycles. The molecule has 0 unspecified atom stereocenters. The average Bonchev–Trinajstić information content (AvgIpc) is 2.99. The lowest BCUT2D eigenvalue weighted by molar-refractivity contribution is -0.130. The fraction of sp³-hybridized carbons (Fsp3) is 0.611. The van der Waals surface area contributed by atoms with E-state index in [-0.39, 0.29) is 29.9 Å². The van der Waals surface area contributed by atoms with Gasteiger partial charge in [0.05, 0.1) is 6.61 Å². The summed E-state index contributed by atoms with van der Waals surface area (Å²) in [4.78, 5) is 13.9. The van der Waals surface area contributed by atoms with Gasteiger partial charge >= 0.3 is 0 Å². The molecular weight excluding hydrogens is 389 g/mol. The van der Waals surface area contributed by atoms with Gasteiger partial charge in [0.15, 0.2) is 0 Å². The molecule has 0 saturated carbocycles. The molecule has 0 N–H and O–H groups in total. The highest BCUT2D eigenvalue weighted by Crippen LogP contribution is 2.33. The van der Waals surface area contributed by atoms with E-state index in [1.807, 2.05) is 38.7 Å². The molecule has 126 valence electrons. The molecule has 4 heteroatoms. The van der Waals surface area contributed by atoms with Crippen LogP contribution in [0.2, 0.25) is 0 Å². The van der Waals surface area contributed by atoms with Crippen LogP contribution >= 0.6 is 0 Å². The van der Waals surface area contributed by atoms with Crippen molar-refractivity contribution in [2.75, 3.05) is 26.3 Å². The van der Waals surface area contributed by atoms with Gasteiger partial charge in [0.2, 0.25) is 5.91 Å². The van der Waals surface area contributed by atoms with Gasteiger partial charge in [0.1, 0.15) is 0 Å². The van der Waals surface area contributed by atoms with Gasteiger partial charge in [-0.1, -0.05) is 51.1 Å². The Labute approximate surface area is 152 Å². The summed E-state index contributed by atoms with van der Waals surface area (Å²) < 4.78 is 5.59. The zero-order valence-electron chi connectivity index (χ0n) is 14.2. The lowest BCUT2D eigenvalue weighted by Crippen LogP contribution is -3.00. The summed E-state index contributed by atoms with van der Waals surface area (Å²) in [5, 5.41) is 0. The van der Waals surface area contributed by atoms with Gasteiger partial charge in [-0.3, -0.25) is 4.79 Å². The minimum Gasteiger partial charge on any atom is -1.00 e. The van der Waals surface area contributed by atoms with Crippen LogP contribution in [0.25, 0.3) is 0 Å². The van der Waals surface area contributed by atoms with Gasteiger partial charge in [0, 0.05) is 38.0 Å². The quantitative estimate of drug-likeness (QED) is 0.660. The maximum absolute atomic E-state index is 11.9. The SMILES string of the molecule is CC.CCOC[C@@H]1CN(C(=O)CC)C[C@H]1c1ccccc1.[I-]. The van der Waals surface area contributed by atoms with Crippen LogP contribution in [0.5, 0.6) is 0 Å². The van der Waals surface area contributed by atoms with Crippen molar-refractivity contribution in [3.8, 4) is 0 Å². The number of carbonyl (C=O) groups excluding carboxylic acids is 1. The normalized spacial score (nSPS) is 19.9. The van der Waals surface area contributed by atoms with E-state index in [4.69, 9.17) is 4.74 Å². The smallest absolute Gasteiger partial charge is 0.222 e. The number of nitrogens with zero attached hydrogens (tertiary/aromatic N) is 1. The molecule has 1 aromatic carbocycles. The summed E-state index contributed by atoms with van der Waals surface area (Å²) in [6, 6.07) is 10.5. The van der Waals surface area contributed by atoms with E-state index in [0.29, 0.717) is 18.3 Å². The van der Waals surface area contributed by atoms with Crippen molar-refractivity contribution in [1.82, 2.24) is 4.90 Å². The van der Waals surface area contributed by atoms with Crippen molar-refractivity contribution in [3.05, 3.63) is 35.9 Å². The number of likely N-dealkylation sites (tertiary alicyclic amines) is 1. The zero-order chi connectivity index (χ0) is 15.7. The third-order valence-corrected chi connectivity index (χ3v) is 3.86. The number of benzene rings is 1. The van der Waals surface area contributed by atoms with Crippen molar-refractivity contribution in [3.63, 3.8) is 0 Å². The predicted molar refractivity (Wildman–Crippen MR) is 87.4 cm³/mol. The Kier molecular flexibility index (Phi) is 11.5. The molecule has 2 rings (SSSR count). The number of amides is 1. The van der Waals surface area contributed by atoms with Gasteiger partial charge < -0.3 is 33.6 Å². The van der Waals surface area contributed by atoms with E-state index < -0.39 is 0 Å². The highest BCUT2D eigenvalue weighted by Gasteiger charge is 2.35. The van der Waals surface area contributed by atoms with Crippen molar-refractivity contribution in [2.24, 2.45) is 5.92 Å². The second-order valence-corrected chi connectivity index (χ2v) is 5.09. The molecule has 0 aliphatic carbocycles. The Morgan fingerprint density at radius 2 is 1.82 bits per heavy atom. The Morgan fingerprint density at radius 1 is 1.18 bits per heavy atom. The number of halogens is 1. The fourth-order valence-corrected chi connectivity index (χ4v) is 2.81. The molecule has 1 aliphatic rings. The molecule has 1 heterocycles. The first-order valence-corrected chi connectivity index (χ1v) is 8.16. The predicted octanol–water partition coefficient (Wildman–Crippen LogP) is 0.705. The highest BCUT2D eigenvalue weighted by molar-refractivity contribution is 5.76. The maximum atomic E-state index is 11.9. The van der Waals surface area contributed by atoms with Crippen LogP contribution in [0.3, 0.4) is 0 Å². The van der Waals surface area contributed by atoms with Crippen molar-refractivity contribution >= 4 is 5.91 Å². The van der Waals surface area contributed by atoms with Crippen molar-refractivity contribution < 1.29 is 33.5 Å². The molecule has 1 saturated heterocycles. The van der Waals surface area contributed by atoms with Crippen LogP contribution in [0, 0.1) is 5.92 Å². The Hall–Kier alpha value is -0.620. The second kappa shape index (κ2) is 11.9. The lowest BCUT2D eigenvalue weighted by atomic mass is 9.89. The summed E-state index contributed by atoms with van der Waals surface area (Å²) in [6.45, 7) is 11.1. The minimum atomic E-state index is 0. The van der Waals surface area contributed by atoms with E-state index in [0.717, 1.165) is 26.3 Å². The van der Waals surface area contributed by atoms with Gasteiger partial charge in [-0.15, -0.1) is 0 Å². The molecule has 2 atom stereocenters. The van der Waals surface area contributed by atoms with Crippen LogP contribution in [0.4, 0.5) is 0 Å². The van der Waals surface area contributed by atoms with E-state index >= 15 is 0 Å². The molecule has 1 aromatic rings. The fourth-order valence-electron chi connectivity index (χ4n) is 2.81. The monoisotopic (exact) mass is 418 g/mol. The number of rotatable bonds is 5. The van der Waals surface area contributed by atoms with Crippen LogP contribution in [0.1, 0.15) is 45.6 Å².